The molecule has 1 aliphatic rings. The zero-order valence-corrected chi connectivity index (χ0v) is 18.2. The van der Waals surface area contributed by atoms with Crippen LogP contribution in [0.4, 0.5) is 16.2 Å². The van der Waals surface area contributed by atoms with E-state index in [0.717, 1.165) is 24.5 Å². The number of aliphatic imine (C=N–C) groups is 1. The predicted molar refractivity (Wildman–Crippen MR) is 124 cm³/mol. The first-order valence-corrected chi connectivity index (χ1v) is 10.2. The minimum absolute atomic E-state index is 0.133. The maximum absolute atomic E-state index is 13.1. The van der Waals surface area contributed by atoms with Gasteiger partial charge in [-0.05, 0) is 55.5 Å². The molecule has 1 aliphatic heterocycles. The summed E-state index contributed by atoms with van der Waals surface area (Å²) in [5, 5.41) is 3.37. The van der Waals surface area contributed by atoms with Crippen LogP contribution < -0.4 is 16.0 Å². The number of amides is 3. The van der Waals surface area contributed by atoms with E-state index in [9.17, 15) is 9.59 Å². The number of benzene rings is 2. The highest BCUT2D eigenvalue weighted by Crippen LogP contribution is 2.23. The molecule has 0 fully saturated rings. The third-order valence-corrected chi connectivity index (χ3v) is 5.15. The summed E-state index contributed by atoms with van der Waals surface area (Å²) in [7, 11) is 2.00. The topological polar surface area (TPSA) is 91.0 Å². The first kappa shape index (κ1) is 22.2. The molecule has 3 amide bonds. The molecule has 0 spiro atoms. The minimum atomic E-state index is -0.906. The van der Waals surface area contributed by atoms with Gasteiger partial charge in [0.1, 0.15) is 11.9 Å². The van der Waals surface area contributed by atoms with E-state index in [0.29, 0.717) is 16.4 Å². The van der Waals surface area contributed by atoms with Gasteiger partial charge in [0, 0.05) is 42.0 Å². The summed E-state index contributed by atoms with van der Waals surface area (Å²) in [6, 6.07) is 12.3. The monoisotopic (exact) mass is 437 g/mol. The van der Waals surface area contributed by atoms with Gasteiger partial charge >= 0.3 is 6.03 Å². The van der Waals surface area contributed by atoms with Crippen molar-refractivity contribution in [3.63, 3.8) is 0 Å². The van der Waals surface area contributed by atoms with Crippen LogP contribution in [0.1, 0.15) is 18.9 Å². The molecule has 8 heteroatoms. The van der Waals surface area contributed by atoms with Crippen LogP contribution in [-0.4, -0.2) is 48.9 Å². The molecule has 3 N–H and O–H groups in total. The second-order valence-corrected chi connectivity index (χ2v) is 7.46. The van der Waals surface area contributed by atoms with Crippen molar-refractivity contribution in [3.8, 4) is 11.8 Å². The van der Waals surface area contributed by atoms with Crippen LogP contribution >= 0.6 is 11.6 Å². The lowest BCUT2D eigenvalue weighted by molar-refractivity contribution is -0.117. The van der Waals surface area contributed by atoms with Crippen molar-refractivity contribution < 1.29 is 9.59 Å². The summed E-state index contributed by atoms with van der Waals surface area (Å²) < 4.78 is 0. The molecule has 2 aromatic rings. The van der Waals surface area contributed by atoms with E-state index in [2.05, 4.69) is 27.0 Å². The highest BCUT2D eigenvalue weighted by atomic mass is 35.5. The Labute approximate surface area is 186 Å². The molecule has 0 aromatic heterocycles. The zero-order valence-electron chi connectivity index (χ0n) is 17.4. The van der Waals surface area contributed by atoms with Crippen molar-refractivity contribution in [2.24, 2.45) is 10.7 Å². The molecule has 0 saturated heterocycles. The summed E-state index contributed by atoms with van der Waals surface area (Å²) in [5.74, 6) is 6.18. The Morgan fingerprint density at radius 1 is 1.23 bits per heavy atom. The van der Waals surface area contributed by atoms with Gasteiger partial charge in [-0.3, -0.25) is 14.7 Å². The quantitative estimate of drug-likeness (QED) is 0.679. The van der Waals surface area contributed by atoms with Crippen molar-refractivity contribution in [2.45, 2.75) is 19.4 Å². The van der Waals surface area contributed by atoms with Gasteiger partial charge in [-0.2, -0.15) is 0 Å². The molecular weight excluding hydrogens is 414 g/mol. The van der Waals surface area contributed by atoms with Crippen molar-refractivity contribution in [3.05, 3.63) is 59.1 Å². The van der Waals surface area contributed by atoms with E-state index in [-0.39, 0.29) is 12.3 Å². The van der Waals surface area contributed by atoms with Crippen LogP contribution in [0.15, 0.2) is 53.5 Å². The number of carbonyl (C=O) groups excluding carboxylic acids is 2. The van der Waals surface area contributed by atoms with Gasteiger partial charge in [0.15, 0.2) is 0 Å². The van der Waals surface area contributed by atoms with Crippen LogP contribution in [0, 0.1) is 11.8 Å². The second kappa shape index (κ2) is 10.0. The van der Waals surface area contributed by atoms with Crippen LogP contribution in [-0.2, 0) is 4.79 Å². The number of carbonyl (C=O) groups is 2. The Morgan fingerprint density at radius 3 is 2.45 bits per heavy atom. The van der Waals surface area contributed by atoms with E-state index in [1.54, 1.807) is 43.3 Å². The predicted octanol–water partition coefficient (Wildman–Crippen LogP) is 3.34. The lowest BCUT2D eigenvalue weighted by Crippen LogP contribution is -2.50. The van der Waals surface area contributed by atoms with Gasteiger partial charge in [0.2, 0.25) is 5.91 Å². The molecule has 0 bridgehead atoms. The number of hydrogen-bond acceptors (Lipinski definition) is 4. The first-order valence-electron chi connectivity index (χ1n) is 9.81. The van der Waals surface area contributed by atoms with Gasteiger partial charge in [0.05, 0.1) is 6.54 Å². The Kier molecular flexibility index (Phi) is 7.16. The molecule has 1 atom stereocenters. The number of likely N-dealkylation sites (N-methyl/N-ethyl adjacent to an activating group) is 1. The SMILES string of the molecule is CC#CCC(C(=O)Nc1ccc(C2=NCCN2C)cc1)N(C(N)=O)c1ccc(Cl)cc1. The Bertz CT molecular complexity index is 1040. The largest absolute Gasteiger partial charge is 0.358 e. The Morgan fingerprint density at radius 2 is 1.90 bits per heavy atom. The summed E-state index contributed by atoms with van der Waals surface area (Å²) in [4.78, 5) is 33.2. The fourth-order valence-electron chi connectivity index (χ4n) is 3.33. The number of anilines is 2. The number of nitrogens with zero attached hydrogens (tertiary/aromatic N) is 3. The van der Waals surface area contributed by atoms with Crippen LogP contribution in [0.5, 0.6) is 0 Å². The maximum atomic E-state index is 13.1. The first-order chi connectivity index (χ1) is 14.9. The standard InChI is InChI=1S/C23H24ClN5O2/c1-3-4-5-20(29(23(25)31)19-12-8-17(24)9-13-19)22(30)27-18-10-6-16(7-11-18)21-26-14-15-28(21)2/h6-13,20H,5,14-15H2,1-2H3,(H2,25,31)(H,27,30). The molecule has 7 nitrogen and oxygen atoms in total. The maximum Gasteiger partial charge on any atom is 0.320 e. The number of halogens is 1. The zero-order chi connectivity index (χ0) is 22.4. The van der Waals surface area contributed by atoms with Gasteiger partial charge in [-0.25, -0.2) is 4.79 Å². The average Bonchev–Trinajstić information content (AvgIpc) is 3.18. The number of hydrogen-bond donors (Lipinski definition) is 2. The third kappa shape index (κ3) is 5.36. The van der Waals surface area contributed by atoms with Crippen molar-refractivity contribution in [1.82, 2.24) is 4.90 Å². The number of primary amides is 1. The third-order valence-electron chi connectivity index (χ3n) is 4.90. The van der Waals surface area contributed by atoms with Crippen molar-refractivity contribution in [2.75, 3.05) is 30.4 Å². The van der Waals surface area contributed by atoms with Crippen LogP contribution in [0.2, 0.25) is 5.02 Å². The fraction of sp³-hybridized carbons (Fsp3) is 0.261. The molecule has 0 radical (unpaired) electrons. The Balaban J connectivity index is 1.82. The molecule has 3 rings (SSSR count). The summed E-state index contributed by atoms with van der Waals surface area (Å²) >= 11 is 5.95. The summed E-state index contributed by atoms with van der Waals surface area (Å²) in [5.41, 5.74) is 7.67. The van der Waals surface area contributed by atoms with Crippen LogP contribution in [0.3, 0.4) is 0 Å². The number of nitrogens with two attached hydrogens (primary N) is 1. The van der Waals surface area contributed by atoms with E-state index in [1.165, 1.54) is 4.90 Å². The highest BCUT2D eigenvalue weighted by molar-refractivity contribution is 6.30. The fourth-order valence-corrected chi connectivity index (χ4v) is 3.46. The van der Waals surface area contributed by atoms with E-state index < -0.39 is 12.1 Å². The van der Waals surface area contributed by atoms with Gasteiger partial charge < -0.3 is 16.0 Å². The van der Waals surface area contributed by atoms with E-state index in [4.69, 9.17) is 17.3 Å². The normalized spacial score (nSPS) is 13.6. The Hall–Kier alpha value is -3.50. The minimum Gasteiger partial charge on any atom is -0.358 e. The number of urea groups is 1. The molecule has 160 valence electrons. The van der Waals surface area contributed by atoms with Gasteiger partial charge in [-0.15, -0.1) is 11.8 Å². The van der Waals surface area contributed by atoms with Crippen LogP contribution in [0.25, 0.3) is 0 Å². The summed E-state index contributed by atoms with van der Waals surface area (Å²) in [6.45, 7) is 3.34. The highest BCUT2D eigenvalue weighted by Gasteiger charge is 2.29. The number of nitrogens with one attached hydrogen (secondary N) is 1. The van der Waals surface area contributed by atoms with E-state index >= 15 is 0 Å². The molecule has 0 saturated carbocycles. The smallest absolute Gasteiger partial charge is 0.320 e. The van der Waals surface area contributed by atoms with Crippen molar-refractivity contribution >= 4 is 40.7 Å². The number of amidine groups is 1. The summed E-state index contributed by atoms with van der Waals surface area (Å²) in [6.07, 6.45) is 0.133. The van der Waals surface area contributed by atoms with Gasteiger partial charge in [-0.1, -0.05) is 11.6 Å². The number of rotatable bonds is 6. The average molecular weight is 438 g/mol. The molecule has 31 heavy (non-hydrogen) atoms. The second-order valence-electron chi connectivity index (χ2n) is 7.02. The molecule has 1 unspecified atom stereocenters. The molecular formula is C23H24ClN5O2. The van der Waals surface area contributed by atoms with Crippen molar-refractivity contribution in [1.29, 1.82) is 0 Å². The molecule has 2 aromatic carbocycles. The lowest BCUT2D eigenvalue weighted by atomic mass is 10.1. The molecule has 1 heterocycles. The molecule has 0 aliphatic carbocycles. The lowest BCUT2D eigenvalue weighted by Gasteiger charge is -2.28. The van der Waals surface area contributed by atoms with E-state index in [1.807, 2.05) is 19.2 Å². The van der Waals surface area contributed by atoms with Gasteiger partial charge in [0.25, 0.3) is 0 Å².